The first-order valence-electron chi connectivity index (χ1n) is 11.1. The number of likely N-dealkylation sites (tertiary alicyclic amines) is 1. The molecule has 0 bridgehead atoms. The van der Waals surface area contributed by atoms with Gasteiger partial charge in [-0.05, 0) is 49.5 Å². The number of hydrogen-bond donors (Lipinski definition) is 0. The van der Waals surface area contributed by atoms with Gasteiger partial charge in [-0.25, -0.2) is 0 Å². The van der Waals surface area contributed by atoms with Gasteiger partial charge in [0.1, 0.15) is 6.61 Å². The number of amides is 1. The van der Waals surface area contributed by atoms with Gasteiger partial charge in [0, 0.05) is 46.1 Å². The average molecular weight is 389 g/mol. The molecule has 2 saturated carbocycles. The molecule has 0 N–H and O–H groups in total. The highest BCUT2D eigenvalue weighted by atomic mass is 16.5. The fourth-order valence-electron chi connectivity index (χ4n) is 5.61. The molecule has 3 fully saturated rings. The Morgan fingerprint density at radius 2 is 1.89 bits per heavy atom. The molecule has 6 nitrogen and oxygen atoms in total. The van der Waals surface area contributed by atoms with Crippen molar-refractivity contribution in [2.45, 2.75) is 57.1 Å². The molecule has 1 aliphatic heterocycles. The van der Waals surface area contributed by atoms with E-state index in [1.54, 1.807) is 19.0 Å². The van der Waals surface area contributed by atoms with Crippen molar-refractivity contribution in [3.05, 3.63) is 18.5 Å². The second-order valence-corrected chi connectivity index (χ2v) is 9.41. The van der Waals surface area contributed by atoms with Gasteiger partial charge in [0.15, 0.2) is 0 Å². The largest absolute Gasteiger partial charge is 0.366 e. The second kappa shape index (κ2) is 8.95. The van der Waals surface area contributed by atoms with Gasteiger partial charge in [-0.3, -0.25) is 9.48 Å². The van der Waals surface area contributed by atoms with Gasteiger partial charge in [0.2, 0.25) is 5.91 Å². The van der Waals surface area contributed by atoms with Crippen LogP contribution in [0.15, 0.2) is 18.5 Å². The number of aromatic nitrogens is 2. The van der Waals surface area contributed by atoms with Crippen LogP contribution in [0.4, 0.5) is 0 Å². The summed E-state index contributed by atoms with van der Waals surface area (Å²) in [5.74, 6) is 2.35. The van der Waals surface area contributed by atoms with Crippen LogP contribution in [0.2, 0.25) is 0 Å². The molecule has 1 aromatic heterocycles. The molecule has 28 heavy (non-hydrogen) atoms. The van der Waals surface area contributed by atoms with Crippen LogP contribution in [0.5, 0.6) is 0 Å². The maximum Gasteiger partial charge on any atom is 0.248 e. The average Bonchev–Trinajstić information content (AvgIpc) is 3.35. The molecule has 4 rings (SSSR count). The summed E-state index contributed by atoms with van der Waals surface area (Å²) < 4.78 is 8.23. The minimum atomic E-state index is 0.0340. The third-order valence-electron chi connectivity index (χ3n) is 7.19. The van der Waals surface area contributed by atoms with Gasteiger partial charge in [-0.2, -0.15) is 5.10 Å². The smallest absolute Gasteiger partial charge is 0.248 e. The number of ether oxygens (including phenoxy) is 1. The number of carbonyl (C=O) groups is 1. The van der Waals surface area contributed by atoms with E-state index in [9.17, 15) is 4.79 Å². The van der Waals surface area contributed by atoms with Crippen LogP contribution in [0.3, 0.4) is 0 Å². The number of carbonyl (C=O) groups excluding carboxylic acids is 1. The van der Waals surface area contributed by atoms with Gasteiger partial charge >= 0.3 is 0 Å². The molecule has 156 valence electrons. The van der Waals surface area contributed by atoms with Gasteiger partial charge in [0.05, 0.1) is 12.1 Å². The molecule has 4 atom stereocenters. The third-order valence-corrected chi connectivity index (χ3v) is 7.19. The lowest BCUT2D eigenvalue weighted by atomic mass is 9.77. The van der Waals surface area contributed by atoms with Crippen LogP contribution < -0.4 is 0 Å². The molecule has 0 spiro atoms. The molecule has 1 saturated heterocycles. The highest BCUT2D eigenvalue weighted by Gasteiger charge is 2.44. The molecule has 3 aliphatic rings. The van der Waals surface area contributed by atoms with Crippen LogP contribution in [-0.4, -0.2) is 71.9 Å². The van der Waals surface area contributed by atoms with E-state index in [1.165, 1.54) is 51.7 Å². The predicted octanol–water partition coefficient (Wildman–Crippen LogP) is 2.82. The van der Waals surface area contributed by atoms with E-state index in [4.69, 9.17) is 4.74 Å². The maximum absolute atomic E-state index is 12.1. The minimum absolute atomic E-state index is 0.0340. The van der Waals surface area contributed by atoms with E-state index in [-0.39, 0.29) is 24.7 Å². The predicted molar refractivity (Wildman–Crippen MR) is 109 cm³/mol. The zero-order valence-electron chi connectivity index (χ0n) is 17.5. The normalized spacial score (nSPS) is 31.6. The Kier molecular flexibility index (Phi) is 6.36. The Morgan fingerprint density at radius 3 is 2.57 bits per heavy atom. The first-order valence-corrected chi connectivity index (χ1v) is 11.1. The van der Waals surface area contributed by atoms with E-state index >= 15 is 0 Å². The van der Waals surface area contributed by atoms with Crippen molar-refractivity contribution in [3.8, 4) is 0 Å². The van der Waals surface area contributed by atoms with Crippen molar-refractivity contribution in [1.82, 2.24) is 19.6 Å². The highest BCUT2D eigenvalue weighted by Crippen LogP contribution is 2.43. The molecule has 1 amide bonds. The molecule has 6 heteroatoms. The molecule has 0 unspecified atom stereocenters. The monoisotopic (exact) mass is 388 g/mol. The summed E-state index contributed by atoms with van der Waals surface area (Å²) in [5, 5.41) is 4.51. The van der Waals surface area contributed by atoms with Gasteiger partial charge in [0.25, 0.3) is 0 Å². The lowest BCUT2D eigenvalue weighted by Crippen LogP contribution is -2.40. The summed E-state index contributed by atoms with van der Waals surface area (Å²) in [6.07, 6.45) is 13.2. The first-order chi connectivity index (χ1) is 13.6. The lowest BCUT2D eigenvalue weighted by Gasteiger charge is -2.38. The number of rotatable bonds is 6. The Labute approximate surface area is 169 Å². The van der Waals surface area contributed by atoms with Crippen molar-refractivity contribution in [1.29, 1.82) is 0 Å². The zero-order chi connectivity index (χ0) is 19.5. The Bertz CT molecular complexity index is 626. The van der Waals surface area contributed by atoms with Crippen molar-refractivity contribution >= 4 is 5.91 Å². The summed E-state index contributed by atoms with van der Waals surface area (Å²) in [7, 11) is 3.57. The van der Waals surface area contributed by atoms with E-state index in [0.717, 1.165) is 24.7 Å². The minimum Gasteiger partial charge on any atom is -0.366 e. The van der Waals surface area contributed by atoms with Gasteiger partial charge in [-0.1, -0.05) is 19.3 Å². The fourth-order valence-corrected chi connectivity index (χ4v) is 5.61. The highest BCUT2D eigenvalue weighted by molar-refractivity contribution is 5.76. The zero-order valence-corrected chi connectivity index (χ0v) is 17.5. The number of likely N-dealkylation sites (N-methyl/N-ethyl adjacent to an activating group) is 1. The SMILES string of the molecule is CN(C)C(=O)CO[C@H]1C[C@@H]2CN(CC3CCCCC3)C[C@@H]2C[C@@H]1n1cccn1. The van der Waals surface area contributed by atoms with Crippen LogP contribution in [-0.2, 0) is 9.53 Å². The summed E-state index contributed by atoms with van der Waals surface area (Å²) in [4.78, 5) is 16.4. The Morgan fingerprint density at radius 1 is 1.14 bits per heavy atom. The Hall–Kier alpha value is -1.40. The molecular formula is C22H36N4O2. The first kappa shape index (κ1) is 19.9. The van der Waals surface area contributed by atoms with E-state index in [0.29, 0.717) is 5.92 Å². The van der Waals surface area contributed by atoms with Crippen molar-refractivity contribution < 1.29 is 9.53 Å². The summed E-state index contributed by atoms with van der Waals surface area (Å²) in [5.41, 5.74) is 0. The fraction of sp³-hybridized carbons (Fsp3) is 0.818. The van der Waals surface area contributed by atoms with Crippen molar-refractivity contribution in [3.63, 3.8) is 0 Å². The van der Waals surface area contributed by atoms with Gasteiger partial charge in [-0.15, -0.1) is 0 Å². The second-order valence-electron chi connectivity index (χ2n) is 9.41. The van der Waals surface area contributed by atoms with Crippen LogP contribution >= 0.6 is 0 Å². The summed E-state index contributed by atoms with van der Waals surface area (Å²) in [6.45, 7) is 3.87. The number of nitrogens with zero attached hydrogens (tertiary/aromatic N) is 4. The molecular weight excluding hydrogens is 352 g/mol. The van der Waals surface area contributed by atoms with E-state index in [1.807, 2.05) is 18.5 Å². The quantitative estimate of drug-likeness (QED) is 0.752. The standard InChI is InChI=1S/C22H36N4O2/c1-24(2)22(27)16-28-21-12-19-15-25(13-17-7-4-3-5-8-17)14-18(19)11-20(21)26-10-6-9-23-26/h6,9-10,17-21H,3-5,7-8,11-16H2,1-2H3/t18-,19+,20-,21-/m0/s1. The number of fused-ring (bicyclic) bond motifs is 1. The topological polar surface area (TPSA) is 50.6 Å². The lowest BCUT2D eigenvalue weighted by molar-refractivity contribution is -0.138. The van der Waals surface area contributed by atoms with E-state index in [2.05, 4.69) is 14.7 Å². The van der Waals surface area contributed by atoms with Crippen molar-refractivity contribution in [2.24, 2.45) is 17.8 Å². The molecule has 0 aromatic carbocycles. The van der Waals surface area contributed by atoms with Crippen LogP contribution in [0, 0.1) is 17.8 Å². The third kappa shape index (κ3) is 4.60. The maximum atomic E-state index is 12.1. The summed E-state index contributed by atoms with van der Waals surface area (Å²) in [6, 6.07) is 2.22. The van der Waals surface area contributed by atoms with E-state index < -0.39 is 0 Å². The molecule has 2 aliphatic carbocycles. The number of hydrogen-bond acceptors (Lipinski definition) is 4. The van der Waals surface area contributed by atoms with Crippen LogP contribution in [0.25, 0.3) is 0 Å². The van der Waals surface area contributed by atoms with Crippen LogP contribution in [0.1, 0.15) is 51.0 Å². The molecule has 0 radical (unpaired) electrons. The summed E-state index contributed by atoms with van der Waals surface area (Å²) >= 11 is 0. The van der Waals surface area contributed by atoms with Crippen molar-refractivity contribution in [2.75, 3.05) is 40.3 Å². The molecule has 1 aromatic rings. The molecule has 2 heterocycles. The Balaban J connectivity index is 1.39. The van der Waals surface area contributed by atoms with Gasteiger partial charge < -0.3 is 14.5 Å².